The summed E-state index contributed by atoms with van der Waals surface area (Å²) in [5.41, 5.74) is 2.11. The largest absolute Gasteiger partial charge is 0.396 e. The summed E-state index contributed by atoms with van der Waals surface area (Å²) in [6.45, 7) is 1.27. The number of hydrogen-bond acceptors (Lipinski definition) is 2. The summed E-state index contributed by atoms with van der Waals surface area (Å²) >= 11 is 6.15. The maximum atomic E-state index is 9.59. The number of benzene rings is 2. The zero-order valence-electron chi connectivity index (χ0n) is 13.2. The van der Waals surface area contributed by atoms with E-state index in [1.165, 1.54) is 0 Å². The highest BCUT2D eigenvalue weighted by Gasteiger charge is 2.11. The number of hydrogen-bond donors (Lipinski definition) is 3. The van der Waals surface area contributed by atoms with Crippen LogP contribution < -0.4 is 10.6 Å². The summed E-state index contributed by atoms with van der Waals surface area (Å²) in [7, 11) is 1.72. The first-order valence-corrected chi connectivity index (χ1v) is 7.96. The van der Waals surface area contributed by atoms with Gasteiger partial charge >= 0.3 is 0 Å². The van der Waals surface area contributed by atoms with Crippen LogP contribution in [0, 0.1) is 0 Å². The van der Waals surface area contributed by atoms with Crippen LogP contribution in [0.3, 0.4) is 0 Å². The van der Waals surface area contributed by atoms with E-state index in [9.17, 15) is 5.11 Å². The van der Waals surface area contributed by atoms with Crippen molar-refractivity contribution in [3.63, 3.8) is 0 Å². The fourth-order valence-corrected chi connectivity index (χ4v) is 2.48. The Morgan fingerprint density at radius 3 is 2.43 bits per heavy atom. The minimum atomic E-state index is 0.0232. The van der Waals surface area contributed by atoms with Gasteiger partial charge in [0.25, 0.3) is 0 Å². The highest BCUT2D eigenvalue weighted by atomic mass is 35.5. The Hall–Kier alpha value is -2.04. The molecule has 1 unspecified atom stereocenters. The Bertz CT molecular complexity index is 631. The molecule has 0 heterocycles. The van der Waals surface area contributed by atoms with Crippen LogP contribution in [0.2, 0.25) is 5.02 Å². The second-order valence-electron chi connectivity index (χ2n) is 5.19. The molecule has 0 aliphatic heterocycles. The van der Waals surface area contributed by atoms with E-state index in [0.29, 0.717) is 19.0 Å². The lowest BCUT2D eigenvalue weighted by atomic mass is 10.0. The van der Waals surface area contributed by atoms with Gasteiger partial charge in [-0.3, -0.25) is 4.99 Å². The Morgan fingerprint density at radius 2 is 1.78 bits per heavy atom. The third kappa shape index (κ3) is 5.27. The Morgan fingerprint density at radius 1 is 1.09 bits per heavy atom. The number of guanidine groups is 1. The standard InChI is InChI=1S/C18H22ClN3O/c1-20-18(21-11-15-9-5-6-10-17(15)19)22-12-16(13-23)14-7-3-2-4-8-14/h2-10,16,23H,11-13H2,1H3,(H2,20,21,22). The molecule has 0 radical (unpaired) electrons. The van der Waals surface area contributed by atoms with Crippen LogP contribution in [0.5, 0.6) is 0 Å². The number of nitrogens with zero attached hydrogens (tertiary/aromatic N) is 1. The van der Waals surface area contributed by atoms with Crippen molar-refractivity contribution < 1.29 is 5.11 Å². The second-order valence-corrected chi connectivity index (χ2v) is 5.60. The minimum absolute atomic E-state index is 0.0232. The van der Waals surface area contributed by atoms with E-state index in [1.807, 2.05) is 54.6 Å². The first-order valence-electron chi connectivity index (χ1n) is 7.58. The van der Waals surface area contributed by atoms with Crippen molar-refractivity contribution in [1.29, 1.82) is 0 Å². The number of rotatable bonds is 6. The van der Waals surface area contributed by atoms with E-state index < -0.39 is 0 Å². The van der Waals surface area contributed by atoms with Crippen molar-refractivity contribution >= 4 is 17.6 Å². The molecule has 0 spiro atoms. The highest BCUT2D eigenvalue weighted by Crippen LogP contribution is 2.15. The van der Waals surface area contributed by atoms with Crippen molar-refractivity contribution in [2.45, 2.75) is 12.5 Å². The van der Waals surface area contributed by atoms with Crippen LogP contribution in [-0.2, 0) is 6.54 Å². The lowest BCUT2D eigenvalue weighted by Gasteiger charge is -2.18. The fourth-order valence-electron chi connectivity index (χ4n) is 2.27. The monoisotopic (exact) mass is 331 g/mol. The third-order valence-electron chi connectivity index (χ3n) is 3.63. The molecule has 0 amide bonds. The van der Waals surface area contributed by atoms with Crippen LogP contribution in [0.4, 0.5) is 0 Å². The molecule has 0 bridgehead atoms. The van der Waals surface area contributed by atoms with Gasteiger partial charge in [0.2, 0.25) is 0 Å². The number of halogens is 1. The molecule has 2 aromatic rings. The van der Waals surface area contributed by atoms with Gasteiger partial charge in [-0.1, -0.05) is 60.1 Å². The molecule has 0 saturated heterocycles. The van der Waals surface area contributed by atoms with Gasteiger partial charge in [0.05, 0.1) is 6.61 Å². The van der Waals surface area contributed by atoms with Gasteiger partial charge in [-0.2, -0.15) is 0 Å². The maximum absolute atomic E-state index is 9.59. The van der Waals surface area contributed by atoms with E-state index in [0.717, 1.165) is 16.1 Å². The average Bonchev–Trinajstić information content (AvgIpc) is 2.60. The molecule has 0 aliphatic rings. The van der Waals surface area contributed by atoms with Gasteiger partial charge < -0.3 is 15.7 Å². The number of aliphatic imine (C=N–C) groups is 1. The third-order valence-corrected chi connectivity index (χ3v) is 4.00. The van der Waals surface area contributed by atoms with Crippen molar-refractivity contribution in [2.24, 2.45) is 4.99 Å². The summed E-state index contributed by atoms with van der Waals surface area (Å²) in [5.74, 6) is 0.703. The zero-order chi connectivity index (χ0) is 16.5. The van der Waals surface area contributed by atoms with Crippen molar-refractivity contribution in [2.75, 3.05) is 20.2 Å². The summed E-state index contributed by atoms with van der Waals surface area (Å²) in [4.78, 5) is 4.20. The quantitative estimate of drug-likeness (QED) is 0.563. The molecule has 2 rings (SSSR count). The van der Waals surface area contributed by atoms with Gasteiger partial charge in [0.15, 0.2) is 5.96 Å². The van der Waals surface area contributed by atoms with Gasteiger partial charge in [-0.05, 0) is 17.2 Å². The van der Waals surface area contributed by atoms with E-state index >= 15 is 0 Å². The Kier molecular flexibility index (Phi) is 6.91. The molecule has 122 valence electrons. The smallest absolute Gasteiger partial charge is 0.191 e. The van der Waals surface area contributed by atoms with E-state index in [4.69, 9.17) is 11.6 Å². The molecule has 0 saturated carbocycles. The zero-order valence-corrected chi connectivity index (χ0v) is 13.9. The van der Waals surface area contributed by atoms with Gasteiger partial charge in [0.1, 0.15) is 0 Å². The molecule has 4 nitrogen and oxygen atoms in total. The summed E-state index contributed by atoms with van der Waals surface area (Å²) < 4.78 is 0. The SMILES string of the molecule is CN=C(NCc1ccccc1Cl)NCC(CO)c1ccccc1. The summed E-state index contributed by atoms with van der Waals surface area (Å²) in [5, 5.41) is 16.8. The predicted molar refractivity (Wildman–Crippen MR) is 95.9 cm³/mol. The van der Waals surface area contributed by atoms with E-state index in [-0.39, 0.29) is 12.5 Å². The van der Waals surface area contributed by atoms with Crippen molar-refractivity contribution in [3.8, 4) is 0 Å². The topological polar surface area (TPSA) is 56.7 Å². The molecular weight excluding hydrogens is 310 g/mol. The van der Waals surface area contributed by atoms with Crippen LogP contribution in [-0.4, -0.2) is 31.3 Å². The average molecular weight is 332 g/mol. The molecule has 0 aromatic heterocycles. The minimum Gasteiger partial charge on any atom is -0.396 e. The van der Waals surface area contributed by atoms with E-state index in [1.54, 1.807) is 7.05 Å². The first-order chi connectivity index (χ1) is 11.2. The first kappa shape index (κ1) is 17.3. The molecule has 0 fully saturated rings. The molecule has 3 N–H and O–H groups in total. The second kappa shape index (κ2) is 9.18. The van der Waals surface area contributed by atoms with Gasteiger partial charge in [0, 0.05) is 31.1 Å². The van der Waals surface area contributed by atoms with Crippen molar-refractivity contribution in [3.05, 3.63) is 70.7 Å². The van der Waals surface area contributed by atoms with Crippen LogP contribution in [0.25, 0.3) is 0 Å². The number of aliphatic hydroxyl groups is 1. The van der Waals surface area contributed by atoms with Gasteiger partial charge in [-0.25, -0.2) is 0 Å². The maximum Gasteiger partial charge on any atom is 0.191 e. The lowest BCUT2D eigenvalue weighted by molar-refractivity contribution is 0.265. The summed E-state index contributed by atoms with van der Waals surface area (Å²) in [6.07, 6.45) is 0. The molecule has 23 heavy (non-hydrogen) atoms. The van der Waals surface area contributed by atoms with Gasteiger partial charge in [-0.15, -0.1) is 0 Å². The molecular formula is C18H22ClN3O. The van der Waals surface area contributed by atoms with Crippen molar-refractivity contribution in [1.82, 2.24) is 10.6 Å². The highest BCUT2D eigenvalue weighted by molar-refractivity contribution is 6.31. The molecule has 1 atom stereocenters. The lowest BCUT2D eigenvalue weighted by Crippen LogP contribution is -2.39. The normalized spacial score (nSPS) is 12.7. The number of nitrogens with one attached hydrogen (secondary N) is 2. The van der Waals surface area contributed by atoms with Crippen LogP contribution in [0.15, 0.2) is 59.6 Å². The Labute approximate surface area is 142 Å². The van der Waals surface area contributed by atoms with Crippen LogP contribution >= 0.6 is 11.6 Å². The predicted octanol–water partition coefficient (Wildman–Crippen LogP) is 2.78. The fraction of sp³-hybridized carbons (Fsp3) is 0.278. The Balaban J connectivity index is 1.88. The summed E-state index contributed by atoms with van der Waals surface area (Å²) in [6, 6.07) is 17.7. The molecule has 5 heteroatoms. The molecule has 0 aliphatic carbocycles. The van der Waals surface area contributed by atoms with E-state index in [2.05, 4.69) is 15.6 Å². The molecule has 2 aromatic carbocycles. The number of aliphatic hydroxyl groups excluding tert-OH is 1. The van der Waals surface area contributed by atoms with Crippen LogP contribution in [0.1, 0.15) is 17.0 Å².